The van der Waals surface area contributed by atoms with E-state index in [0.29, 0.717) is 0 Å². The number of hydrogen-bond donors (Lipinski definition) is 1. The molecule has 7 heteroatoms. The van der Waals surface area contributed by atoms with Crippen molar-refractivity contribution in [1.82, 2.24) is 4.57 Å². The molecule has 0 aliphatic carbocycles. The molecule has 0 amide bonds. The summed E-state index contributed by atoms with van der Waals surface area (Å²) < 4.78 is 15.1. The Morgan fingerprint density at radius 1 is 1.07 bits per heavy atom. The van der Waals surface area contributed by atoms with Crippen molar-refractivity contribution in [2.75, 3.05) is 0 Å². The van der Waals surface area contributed by atoms with E-state index in [-0.39, 0.29) is 33.1 Å². The second-order valence-electron chi connectivity index (χ2n) is 5.82. The van der Waals surface area contributed by atoms with Gasteiger partial charge in [0.2, 0.25) is 0 Å². The molecule has 0 fully saturated rings. The summed E-state index contributed by atoms with van der Waals surface area (Å²) in [6, 6.07) is 10.6. The number of pyridine rings is 1. The Kier molecular flexibility index (Phi) is 4.92. The minimum Gasteiger partial charge on any atom is -0.507 e. The fourth-order valence-corrected chi connectivity index (χ4v) is 2.80. The van der Waals surface area contributed by atoms with Gasteiger partial charge in [-0.15, -0.1) is 0 Å². The lowest BCUT2D eigenvalue weighted by atomic mass is 10.0. The summed E-state index contributed by atoms with van der Waals surface area (Å²) in [4.78, 5) is 37.3. The van der Waals surface area contributed by atoms with Crippen LogP contribution in [0.15, 0.2) is 59.5 Å². The van der Waals surface area contributed by atoms with E-state index in [2.05, 4.69) is 0 Å². The van der Waals surface area contributed by atoms with E-state index in [0.717, 1.165) is 22.9 Å². The number of benzene rings is 2. The van der Waals surface area contributed by atoms with E-state index in [1.54, 1.807) is 0 Å². The van der Waals surface area contributed by atoms with Gasteiger partial charge in [0.15, 0.2) is 11.6 Å². The Balaban J connectivity index is 2.27. The highest BCUT2D eigenvalue weighted by atomic mass is 35.5. The molecule has 0 aliphatic rings. The minimum atomic E-state index is -0.750. The number of carbonyl (C=O) groups excluding carboxylic acids is 2. The van der Waals surface area contributed by atoms with Gasteiger partial charge in [-0.1, -0.05) is 23.7 Å². The van der Waals surface area contributed by atoms with Crippen molar-refractivity contribution in [2.45, 2.75) is 6.92 Å². The number of halogens is 2. The summed E-state index contributed by atoms with van der Waals surface area (Å²) in [5, 5.41) is 10.2. The predicted octanol–water partition coefficient (Wildman–Crippen LogP) is 3.77. The van der Waals surface area contributed by atoms with Crippen LogP contribution >= 0.6 is 11.6 Å². The summed E-state index contributed by atoms with van der Waals surface area (Å²) in [5.41, 5.74) is -1.29. The second kappa shape index (κ2) is 7.17. The number of aromatic hydroxyl groups is 1. The van der Waals surface area contributed by atoms with Gasteiger partial charge < -0.3 is 5.11 Å². The SMILES string of the molecule is CC(=O)c1cc(C(=O)c2cc(Cl)ccc2O)cn(-c2ccccc2F)c1=O. The minimum absolute atomic E-state index is 0.0689. The highest BCUT2D eigenvalue weighted by molar-refractivity contribution is 6.31. The number of ketones is 2. The van der Waals surface area contributed by atoms with Crippen LogP contribution in [0.5, 0.6) is 5.75 Å². The number of aromatic nitrogens is 1. The van der Waals surface area contributed by atoms with Crippen LogP contribution in [0.1, 0.15) is 33.2 Å². The number of hydrogen-bond acceptors (Lipinski definition) is 4. The molecule has 0 saturated carbocycles. The molecule has 0 radical (unpaired) electrons. The summed E-state index contributed by atoms with van der Waals surface area (Å²) in [5.74, 6) is -2.24. The molecular weight excluding hydrogens is 373 g/mol. The van der Waals surface area contributed by atoms with Crippen molar-refractivity contribution < 1.29 is 19.1 Å². The third kappa shape index (κ3) is 3.52. The van der Waals surface area contributed by atoms with Gasteiger partial charge in [0.25, 0.3) is 5.56 Å². The van der Waals surface area contributed by atoms with Gasteiger partial charge in [-0.3, -0.25) is 19.0 Å². The molecule has 2 aromatic carbocycles. The van der Waals surface area contributed by atoms with Crippen LogP contribution in [0.3, 0.4) is 0 Å². The first-order chi connectivity index (χ1) is 12.8. The molecule has 136 valence electrons. The Morgan fingerprint density at radius 2 is 1.78 bits per heavy atom. The maximum atomic E-state index is 14.2. The number of nitrogens with zero attached hydrogens (tertiary/aromatic N) is 1. The summed E-state index contributed by atoms with van der Waals surface area (Å²) in [6.45, 7) is 1.17. The van der Waals surface area contributed by atoms with Crippen LogP contribution in [-0.2, 0) is 0 Å². The Bertz CT molecular complexity index is 1140. The first kappa shape index (κ1) is 18.5. The van der Waals surface area contributed by atoms with Crippen LogP contribution in [0.25, 0.3) is 5.69 Å². The van der Waals surface area contributed by atoms with Crippen molar-refractivity contribution in [3.05, 3.63) is 92.6 Å². The monoisotopic (exact) mass is 385 g/mol. The third-order valence-electron chi connectivity index (χ3n) is 3.97. The van der Waals surface area contributed by atoms with E-state index >= 15 is 0 Å². The van der Waals surface area contributed by atoms with Crippen molar-refractivity contribution in [3.63, 3.8) is 0 Å². The molecule has 1 aromatic heterocycles. The lowest BCUT2D eigenvalue weighted by Gasteiger charge is -2.12. The molecule has 0 saturated heterocycles. The average molecular weight is 386 g/mol. The van der Waals surface area contributed by atoms with Crippen molar-refractivity contribution in [1.29, 1.82) is 0 Å². The highest BCUT2D eigenvalue weighted by Gasteiger charge is 2.20. The summed E-state index contributed by atoms with van der Waals surface area (Å²) >= 11 is 5.88. The smallest absolute Gasteiger partial charge is 0.266 e. The van der Waals surface area contributed by atoms with E-state index in [1.165, 1.54) is 43.3 Å². The fourth-order valence-electron chi connectivity index (χ4n) is 2.63. The van der Waals surface area contributed by atoms with Crippen LogP contribution in [0.4, 0.5) is 4.39 Å². The van der Waals surface area contributed by atoms with Gasteiger partial charge in [-0.05, 0) is 43.3 Å². The van der Waals surface area contributed by atoms with Gasteiger partial charge in [-0.25, -0.2) is 4.39 Å². The highest BCUT2D eigenvalue weighted by Crippen LogP contribution is 2.25. The van der Waals surface area contributed by atoms with Crippen LogP contribution in [0.2, 0.25) is 5.02 Å². The Morgan fingerprint density at radius 3 is 2.44 bits per heavy atom. The van der Waals surface area contributed by atoms with E-state index in [1.807, 2.05) is 0 Å². The Hall–Kier alpha value is -3.25. The molecule has 0 aliphatic heterocycles. The molecule has 1 heterocycles. The number of para-hydroxylation sites is 1. The first-order valence-electron chi connectivity index (χ1n) is 7.85. The maximum Gasteiger partial charge on any atom is 0.266 e. The van der Waals surface area contributed by atoms with Crippen molar-refractivity contribution in [3.8, 4) is 11.4 Å². The molecule has 0 bridgehead atoms. The number of phenolic OH excluding ortho intramolecular Hbond substituents is 1. The van der Waals surface area contributed by atoms with Crippen LogP contribution < -0.4 is 5.56 Å². The van der Waals surface area contributed by atoms with Crippen LogP contribution in [-0.4, -0.2) is 21.2 Å². The molecule has 0 atom stereocenters. The second-order valence-corrected chi connectivity index (χ2v) is 6.25. The molecule has 27 heavy (non-hydrogen) atoms. The lowest BCUT2D eigenvalue weighted by Crippen LogP contribution is -2.26. The normalized spacial score (nSPS) is 10.6. The van der Waals surface area contributed by atoms with Gasteiger partial charge in [0.05, 0.1) is 16.8 Å². The fraction of sp³-hybridized carbons (Fsp3) is 0.0500. The zero-order valence-electron chi connectivity index (χ0n) is 14.1. The zero-order valence-corrected chi connectivity index (χ0v) is 14.8. The molecule has 0 unspecified atom stereocenters. The molecule has 0 spiro atoms. The van der Waals surface area contributed by atoms with Crippen molar-refractivity contribution in [2.24, 2.45) is 0 Å². The number of phenols is 1. The summed E-state index contributed by atoms with van der Waals surface area (Å²) in [7, 11) is 0. The average Bonchev–Trinajstić information content (AvgIpc) is 2.64. The number of rotatable bonds is 4. The van der Waals surface area contributed by atoms with E-state index in [4.69, 9.17) is 11.6 Å². The van der Waals surface area contributed by atoms with Gasteiger partial charge in [0.1, 0.15) is 11.6 Å². The van der Waals surface area contributed by atoms with E-state index in [9.17, 15) is 23.9 Å². The number of carbonyl (C=O) groups is 2. The molecular formula is C20H13ClFNO4. The third-order valence-corrected chi connectivity index (χ3v) is 4.21. The van der Waals surface area contributed by atoms with Gasteiger partial charge in [-0.2, -0.15) is 0 Å². The van der Waals surface area contributed by atoms with Gasteiger partial charge >= 0.3 is 0 Å². The largest absolute Gasteiger partial charge is 0.507 e. The Labute approximate surface area is 158 Å². The van der Waals surface area contributed by atoms with Gasteiger partial charge in [0, 0.05) is 16.8 Å². The molecule has 1 N–H and O–H groups in total. The maximum absolute atomic E-state index is 14.2. The zero-order chi connectivity index (χ0) is 19.7. The van der Waals surface area contributed by atoms with Crippen molar-refractivity contribution >= 4 is 23.2 Å². The predicted molar refractivity (Wildman–Crippen MR) is 98.6 cm³/mol. The van der Waals surface area contributed by atoms with Crippen LogP contribution in [0, 0.1) is 5.82 Å². The standard InChI is InChI=1S/C20H13ClFNO4/c1-11(24)14-8-12(19(26)15-9-13(21)6-7-18(15)25)10-23(20(14)27)17-5-3-2-4-16(17)22/h2-10,25H,1H3. The number of Topliss-reactive ketones (excluding diaryl/α,β-unsaturated/α-hetero) is 1. The van der Waals surface area contributed by atoms with E-state index < -0.39 is 22.9 Å². The topological polar surface area (TPSA) is 76.4 Å². The quantitative estimate of drug-likeness (QED) is 0.693. The molecule has 3 rings (SSSR count). The summed E-state index contributed by atoms with van der Waals surface area (Å²) in [6.07, 6.45) is 1.13. The molecule has 3 aromatic rings. The first-order valence-corrected chi connectivity index (χ1v) is 8.23. The molecule has 5 nitrogen and oxygen atoms in total. The lowest BCUT2D eigenvalue weighted by molar-refractivity contribution is 0.101.